The minimum absolute atomic E-state index is 0.543. The Balaban J connectivity index is 3.48. The lowest BCUT2D eigenvalue weighted by Crippen LogP contribution is -1.87. The van der Waals surface area contributed by atoms with Crippen LogP contribution in [0.1, 0.15) is 16.7 Å². The molecule has 58 valence electrons. The van der Waals surface area contributed by atoms with Gasteiger partial charge in [-0.2, -0.15) is 10.5 Å². The lowest BCUT2D eigenvalue weighted by atomic mass is 10.0. The Morgan fingerprint density at radius 3 is 1.92 bits per heavy atom. The van der Waals surface area contributed by atoms with Crippen LogP contribution in [0.5, 0.6) is 0 Å². The number of hydrogen-bond donors (Lipinski definition) is 0. The highest BCUT2D eigenvalue weighted by atomic mass is 79.9. The van der Waals surface area contributed by atoms with Crippen molar-refractivity contribution in [3.05, 3.63) is 33.3 Å². The molecule has 3 heteroatoms. The predicted molar refractivity (Wildman–Crippen MR) is 48.3 cm³/mol. The van der Waals surface area contributed by atoms with Gasteiger partial charge in [0, 0.05) is 4.47 Å². The van der Waals surface area contributed by atoms with Gasteiger partial charge in [-0.15, -0.1) is 0 Å². The molecule has 0 spiro atoms. The number of rotatable bonds is 0. The van der Waals surface area contributed by atoms with Gasteiger partial charge in [0.25, 0.3) is 0 Å². The first kappa shape index (κ1) is 8.77. The highest BCUT2D eigenvalue weighted by Gasteiger charge is 2.04. The monoisotopic (exact) mass is 220 g/mol. The smallest absolute Gasteiger partial charge is 0.0995 e. The number of hydrogen-bond acceptors (Lipinski definition) is 2. The molecule has 0 heterocycles. The van der Waals surface area contributed by atoms with E-state index in [9.17, 15) is 0 Å². The van der Waals surface area contributed by atoms with Crippen LogP contribution in [0.2, 0.25) is 0 Å². The maximum absolute atomic E-state index is 8.68. The predicted octanol–water partition coefficient (Wildman–Crippen LogP) is 2.50. The molecule has 0 aromatic heterocycles. The third-order valence-corrected chi connectivity index (χ3v) is 2.07. The number of halogens is 1. The fourth-order valence-corrected chi connectivity index (χ4v) is 1.37. The van der Waals surface area contributed by atoms with Gasteiger partial charge in [0.05, 0.1) is 23.3 Å². The Morgan fingerprint density at radius 2 is 1.58 bits per heavy atom. The average Bonchev–Trinajstić information content (AvgIpc) is 2.08. The third-order valence-electron chi connectivity index (χ3n) is 1.61. The van der Waals surface area contributed by atoms with Crippen molar-refractivity contribution in [3.8, 4) is 12.1 Å². The maximum atomic E-state index is 8.68. The van der Waals surface area contributed by atoms with Crippen molar-refractivity contribution in [2.75, 3.05) is 0 Å². The molecule has 0 unspecified atom stereocenters. The highest BCUT2D eigenvalue weighted by Crippen LogP contribution is 2.19. The highest BCUT2D eigenvalue weighted by molar-refractivity contribution is 9.10. The summed E-state index contributed by atoms with van der Waals surface area (Å²) in [6.45, 7) is 1.77. The molecule has 0 saturated heterocycles. The van der Waals surface area contributed by atoms with Crippen molar-refractivity contribution in [2.45, 2.75) is 6.92 Å². The largest absolute Gasteiger partial charge is 0.192 e. The molecule has 0 amide bonds. The van der Waals surface area contributed by atoms with Crippen molar-refractivity contribution in [3.63, 3.8) is 0 Å². The molecular weight excluding hydrogens is 216 g/mol. The Morgan fingerprint density at radius 1 is 1.17 bits per heavy atom. The summed E-state index contributed by atoms with van der Waals surface area (Å²) in [6, 6.07) is 7.47. The zero-order valence-corrected chi connectivity index (χ0v) is 8.01. The summed E-state index contributed by atoms with van der Waals surface area (Å²) in [5, 5.41) is 17.4. The quantitative estimate of drug-likeness (QED) is 0.675. The van der Waals surface area contributed by atoms with Crippen LogP contribution in [-0.4, -0.2) is 0 Å². The van der Waals surface area contributed by atoms with Crippen LogP contribution < -0.4 is 0 Å². The molecular formula is C9H5BrN2. The molecule has 2 nitrogen and oxygen atoms in total. The summed E-state index contributed by atoms with van der Waals surface area (Å²) < 4.78 is 0.765. The first-order chi connectivity index (χ1) is 5.69. The molecule has 1 aromatic rings. The van der Waals surface area contributed by atoms with Gasteiger partial charge in [-0.1, -0.05) is 15.9 Å². The van der Waals surface area contributed by atoms with Crippen LogP contribution in [0, 0.1) is 29.6 Å². The number of nitriles is 2. The molecule has 0 atom stereocenters. The Bertz CT molecular complexity index is 361. The van der Waals surface area contributed by atoms with E-state index in [1.165, 1.54) is 0 Å². The van der Waals surface area contributed by atoms with Crippen LogP contribution in [0.4, 0.5) is 0 Å². The van der Waals surface area contributed by atoms with E-state index in [4.69, 9.17) is 10.5 Å². The van der Waals surface area contributed by atoms with Crippen molar-refractivity contribution >= 4 is 15.9 Å². The van der Waals surface area contributed by atoms with E-state index in [2.05, 4.69) is 15.9 Å². The Labute approximate surface area is 79.2 Å². The van der Waals surface area contributed by atoms with E-state index < -0.39 is 0 Å². The van der Waals surface area contributed by atoms with Crippen molar-refractivity contribution in [1.82, 2.24) is 0 Å². The van der Waals surface area contributed by atoms with Crippen molar-refractivity contribution in [1.29, 1.82) is 10.5 Å². The Kier molecular flexibility index (Phi) is 2.47. The van der Waals surface area contributed by atoms with Gasteiger partial charge in [0.2, 0.25) is 0 Å². The number of nitrogens with zero attached hydrogens (tertiary/aromatic N) is 2. The summed E-state index contributed by atoms with van der Waals surface area (Å²) in [7, 11) is 0. The molecule has 0 saturated carbocycles. The molecule has 0 aliphatic heterocycles. The van der Waals surface area contributed by atoms with E-state index in [0.29, 0.717) is 11.1 Å². The second-order valence-corrected chi connectivity index (χ2v) is 3.27. The number of benzene rings is 1. The van der Waals surface area contributed by atoms with Gasteiger partial charge in [-0.05, 0) is 24.6 Å². The summed E-state index contributed by atoms with van der Waals surface area (Å²) in [6.07, 6.45) is 0. The lowest BCUT2D eigenvalue weighted by Gasteiger charge is -1.99. The normalized spacial score (nSPS) is 8.67. The lowest BCUT2D eigenvalue weighted by molar-refractivity contribution is 1.34. The SMILES string of the molecule is Cc1c(C#N)cc(Br)cc1C#N. The minimum Gasteiger partial charge on any atom is -0.192 e. The summed E-state index contributed by atoms with van der Waals surface area (Å²) >= 11 is 3.23. The average molecular weight is 221 g/mol. The van der Waals surface area contributed by atoms with Crippen LogP contribution in [-0.2, 0) is 0 Å². The van der Waals surface area contributed by atoms with Gasteiger partial charge in [-0.25, -0.2) is 0 Å². The molecule has 0 N–H and O–H groups in total. The molecule has 12 heavy (non-hydrogen) atoms. The second-order valence-electron chi connectivity index (χ2n) is 2.35. The fraction of sp³-hybridized carbons (Fsp3) is 0.111. The maximum Gasteiger partial charge on any atom is 0.0995 e. The third kappa shape index (κ3) is 1.47. The van der Waals surface area contributed by atoms with E-state index >= 15 is 0 Å². The van der Waals surface area contributed by atoms with Gasteiger partial charge >= 0.3 is 0 Å². The summed E-state index contributed by atoms with van der Waals surface area (Å²) in [5.41, 5.74) is 1.82. The van der Waals surface area contributed by atoms with E-state index in [0.717, 1.165) is 10.0 Å². The summed E-state index contributed by atoms with van der Waals surface area (Å²) in [5.74, 6) is 0. The van der Waals surface area contributed by atoms with Crippen LogP contribution in [0.25, 0.3) is 0 Å². The minimum atomic E-state index is 0.543. The standard InChI is InChI=1S/C9H5BrN2/c1-6-7(4-11)2-9(10)3-8(6)5-12/h2-3H,1H3. The van der Waals surface area contributed by atoms with Crippen LogP contribution in [0.15, 0.2) is 16.6 Å². The van der Waals surface area contributed by atoms with E-state index in [1.54, 1.807) is 19.1 Å². The molecule has 0 aliphatic rings. The summed E-state index contributed by atoms with van der Waals surface area (Å²) in [4.78, 5) is 0. The first-order valence-corrected chi connectivity index (χ1v) is 4.08. The van der Waals surface area contributed by atoms with Crippen molar-refractivity contribution in [2.24, 2.45) is 0 Å². The van der Waals surface area contributed by atoms with Crippen LogP contribution in [0.3, 0.4) is 0 Å². The van der Waals surface area contributed by atoms with Gasteiger partial charge in [0.1, 0.15) is 0 Å². The van der Waals surface area contributed by atoms with Gasteiger partial charge < -0.3 is 0 Å². The molecule has 0 radical (unpaired) electrons. The fourth-order valence-electron chi connectivity index (χ4n) is 0.911. The Hall–Kier alpha value is -1.32. The molecule has 0 fully saturated rings. The zero-order chi connectivity index (χ0) is 9.14. The van der Waals surface area contributed by atoms with E-state index in [-0.39, 0.29) is 0 Å². The van der Waals surface area contributed by atoms with Gasteiger partial charge in [-0.3, -0.25) is 0 Å². The van der Waals surface area contributed by atoms with Crippen molar-refractivity contribution < 1.29 is 0 Å². The molecule has 0 bridgehead atoms. The second kappa shape index (κ2) is 3.38. The van der Waals surface area contributed by atoms with Gasteiger partial charge in [0.15, 0.2) is 0 Å². The van der Waals surface area contributed by atoms with Crippen LogP contribution >= 0.6 is 15.9 Å². The zero-order valence-electron chi connectivity index (χ0n) is 6.43. The molecule has 0 aliphatic carbocycles. The topological polar surface area (TPSA) is 47.6 Å². The molecule has 1 rings (SSSR count). The first-order valence-electron chi connectivity index (χ1n) is 3.29. The molecule has 1 aromatic carbocycles. The van der Waals surface area contributed by atoms with E-state index in [1.807, 2.05) is 12.1 Å².